The first-order valence-corrected chi connectivity index (χ1v) is 10.1. The number of nitrogens with one attached hydrogen (secondary N) is 2. The van der Waals surface area contributed by atoms with Gasteiger partial charge in [-0.1, -0.05) is 37.6 Å². The molecule has 0 saturated heterocycles. The second-order valence-electron chi connectivity index (χ2n) is 7.09. The molecular formula is C24H25N3O4. The number of fused-ring (bicyclic) bond motifs is 1. The number of amides is 3. The average molecular weight is 419 g/mol. The van der Waals surface area contributed by atoms with Gasteiger partial charge in [-0.05, 0) is 36.8 Å². The number of carbonyl (C=O) groups is 3. The standard InChI is InChI=1S/C24H25N3O4/c1-2-3-10-20-19(18-9-4-5-11-21(18)31-20)12-13-23(29)27-17-8-6-7-16(14-17)24(30)26-15-22(25)28/h4-9,11-14H,2-3,10,15H2,1H3,(H2,25,28)(H,26,30)(H,27,29). The van der Waals surface area contributed by atoms with Crippen LogP contribution < -0.4 is 16.4 Å². The summed E-state index contributed by atoms with van der Waals surface area (Å²) in [7, 11) is 0. The molecule has 0 saturated carbocycles. The van der Waals surface area contributed by atoms with Gasteiger partial charge in [0, 0.05) is 34.7 Å². The second kappa shape index (κ2) is 10.2. The Hall–Kier alpha value is -3.87. The van der Waals surface area contributed by atoms with Gasteiger partial charge in [-0.3, -0.25) is 14.4 Å². The lowest BCUT2D eigenvalue weighted by Crippen LogP contribution is -2.33. The predicted octanol–water partition coefficient (Wildman–Crippen LogP) is 3.64. The third-order valence-electron chi connectivity index (χ3n) is 4.69. The minimum absolute atomic E-state index is 0.253. The van der Waals surface area contributed by atoms with E-state index in [2.05, 4.69) is 17.6 Å². The van der Waals surface area contributed by atoms with Crippen LogP contribution in [0.25, 0.3) is 17.0 Å². The number of rotatable bonds is 9. The number of benzene rings is 2. The van der Waals surface area contributed by atoms with Gasteiger partial charge in [-0.15, -0.1) is 0 Å². The largest absolute Gasteiger partial charge is 0.460 e. The number of furan rings is 1. The monoisotopic (exact) mass is 419 g/mol. The molecule has 0 radical (unpaired) electrons. The van der Waals surface area contributed by atoms with Gasteiger partial charge in [-0.25, -0.2) is 0 Å². The first-order valence-electron chi connectivity index (χ1n) is 10.1. The molecule has 2 aromatic carbocycles. The topological polar surface area (TPSA) is 114 Å². The fourth-order valence-electron chi connectivity index (χ4n) is 3.17. The van der Waals surface area contributed by atoms with E-state index in [0.29, 0.717) is 11.3 Å². The van der Waals surface area contributed by atoms with E-state index in [1.807, 2.05) is 24.3 Å². The van der Waals surface area contributed by atoms with Gasteiger partial charge < -0.3 is 20.8 Å². The summed E-state index contributed by atoms with van der Waals surface area (Å²) in [6.07, 6.45) is 6.05. The van der Waals surface area contributed by atoms with Gasteiger partial charge in [-0.2, -0.15) is 0 Å². The molecule has 0 aliphatic rings. The SMILES string of the molecule is CCCCc1oc2ccccc2c1C=CC(=O)Nc1cccc(C(=O)NCC(N)=O)c1. The quantitative estimate of drug-likeness (QED) is 0.459. The lowest BCUT2D eigenvalue weighted by Gasteiger charge is -2.06. The molecule has 3 aromatic rings. The van der Waals surface area contributed by atoms with Crippen LogP contribution in [0.2, 0.25) is 0 Å². The number of unbranched alkanes of at least 4 members (excludes halogenated alkanes) is 1. The Morgan fingerprint density at radius 3 is 2.68 bits per heavy atom. The molecule has 1 heterocycles. The molecule has 160 valence electrons. The summed E-state index contributed by atoms with van der Waals surface area (Å²) < 4.78 is 5.97. The van der Waals surface area contributed by atoms with Crippen molar-refractivity contribution in [3.8, 4) is 0 Å². The van der Waals surface area contributed by atoms with Gasteiger partial charge in [0.2, 0.25) is 11.8 Å². The molecule has 7 nitrogen and oxygen atoms in total. The Morgan fingerprint density at radius 2 is 1.90 bits per heavy atom. The second-order valence-corrected chi connectivity index (χ2v) is 7.09. The lowest BCUT2D eigenvalue weighted by atomic mass is 10.1. The zero-order valence-electron chi connectivity index (χ0n) is 17.3. The lowest BCUT2D eigenvalue weighted by molar-refractivity contribution is -0.117. The van der Waals surface area contributed by atoms with Crippen molar-refractivity contribution < 1.29 is 18.8 Å². The average Bonchev–Trinajstić information content (AvgIpc) is 3.12. The number of nitrogens with two attached hydrogens (primary N) is 1. The number of para-hydroxylation sites is 1. The Bertz CT molecular complexity index is 1130. The molecule has 3 rings (SSSR count). The van der Waals surface area contributed by atoms with Crippen molar-refractivity contribution in [3.05, 3.63) is 71.5 Å². The maximum absolute atomic E-state index is 12.5. The highest BCUT2D eigenvalue weighted by molar-refractivity contribution is 6.04. The summed E-state index contributed by atoms with van der Waals surface area (Å²) in [6, 6.07) is 14.2. The highest BCUT2D eigenvalue weighted by Crippen LogP contribution is 2.28. The number of primary amides is 1. The number of anilines is 1. The summed E-state index contributed by atoms with van der Waals surface area (Å²) in [4.78, 5) is 35.4. The molecule has 0 unspecified atom stereocenters. The van der Waals surface area contributed by atoms with Crippen molar-refractivity contribution in [3.63, 3.8) is 0 Å². The van der Waals surface area contributed by atoms with E-state index in [-0.39, 0.29) is 12.5 Å². The molecule has 7 heteroatoms. The van der Waals surface area contributed by atoms with E-state index in [1.54, 1.807) is 24.3 Å². The number of hydrogen-bond acceptors (Lipinski definition) is 4. The summed E-state index contributed by atoms with van der Waals surface area (Å²) in [5.74, 6) is -0.550. The van der Waals surface area contributed by atoms with Crippen LogP contribution in [-0.4, -0.2) is 24.3 Å². The van der Waals surface area contributed by atoms with Crippen molar-refractivity contribution in [2.24, 2.45) is 5.73 Å². The number of aryl methyl sites for hydroxylation is 1. The van der Waals surface area contributed by atoms with Crippen molar-refractivity contribution in [1.29, 1.82) is 0 Å². The number of hydrogen-bond donors (Lipinski definition) is 3. The van der Waals surface area contributed by atoms with Crippen molar-refractivity contribution in [1.82, 2.24) is 5.32 Å². The summed E-state index contributed by atoms with van der Waals surface area (Å²) in [6.45, 7) is 1.87. The first-order chi connectivity index (χ1) is 15.0. The van der Waals surface area contributed by atoms with E-state index in [4.69, 9.17) is 10.2 Å². The summed E-state index contributed by atoms with van der Waals surface area (Å²) in [5, 5.41) is 6.12. The van der Waals surface area contributed by atoms with E-state index in [1.165, 1.54) is 12.1 Å². The third-order valence-corrected chi connectivity index (χ3v) is 4.69. The van der Waals surface area contributed by atoms with Gasteiger partial charge in [0.05, 0.1) is 6.54 Å². The minimum Gasteiger partial charge on any atom is -0.460 e. The maximum atomic E-state index is 12.5. The molecular weight excluding hydrogens is 394 g/mol. The van der Waals surface area contributed by atoms with E-state index in [0.717, 1.165) is 41.6 Å². The molecule has 31 heavy (non-hydrogen) atoms. The molecule has 1 aromatic heterocycles. The van der Waals surface area contributed by atoms with Crippen molar-refractivity contribution in [2.75, 3.05) is 11.9 Å². The van der Waals surface area contributed by atoms with Gasteiger partial charge in [0.15, 0.2) is 0 Å². The predicted molar refractivity (Wildman–Crippen MR) is 120 cm³/mol. The molecule has 0 atom stereocenters. The van der Waals surface area contributed by atoms with E-state index in [9.17, 15) is 14.4 Å². The Balaban J connectivity index is 1.73. The van der Waals surface area contributed by atoms with Crippen LogP contribution in [0.1, 0.15) is 41.4 Å². The first kappa shape index (κ1) is 21.8. The Morgan fingerprint density at radius 1 is 1.10 bits per heavy atom. The molecule has 0 spiro atoms. The van der Waals surface area contributed by atoms with Crippen molar-refractivity contribution in [2.45, 2.75) is 26.2 Å². The van der Waals surface area contributed by atoms with E-state index < -0.39 is 11.8 Å². The Kier molecular flexibility index (Phi) is 7.22. The van der Waals surface area contributed by atoms with Crippen LogP contribution in [0.15, 0.2) is 59.0 Å². The van der Waals surface area contributed by atoms with Gasteiger partial charge in [0.25, 0.3) is 5.91 Å². The van der Waals surface area contributed by atoms with Crippen LogP contribution in [0.3, 0.4) is 0 Å². The van der Waals surface area contributed by atoms with Crippen LogP contribution in [0, 0.1) is 0 Å². The van der Waals surface area contributed by atoms with Crippen LogP contribution in [-0.2, 0) is 16.0 Å². The summed E-state index contributed by atoms with van der Waals surface area (Å²) in [5.41, 5.74) is 7.51. The molecule has 3 amide bonds. The number of carbonyl (C=O) groups excluding carboxylic acids is 3. The highest BCUT2D eigenvalue weighted by Gasteiger charge is 2.12. The third kappa shape index (κ3) is 5.82. The normalized spacial score (nSPS) is 11.0. The molecule has 0 fully saturated rings. The van der Waals surface area contributed by atoms with Crippen LogP contribution >= 0.6 is 0 Å². The fourth-order valence-corrected chi connectivity index (χ4v) is 3.17. The highest BCUT2D eigenvalue weighted by atomic mass is 16.3. The van der Waals surface area contributed by atoms with E-state index >= 15 is 0 Å². The van der Waals surface area contributed by atoms with Crippen molar-refractivity contribution >= 4 is 40.5 Å². The maximum Gasteiger partial charge on any atom is 0.251 e. The molecule has 0 bridgehead atoms. The molecule has 0 aliphatic carbocycles. The van der Waals surface area contributed by atoms with Crippen LogP contribution in [0.4, 0.5) is 5.69 Å². The van der Waals surface area contributed by atoms with Gasteiger partial charge in [0.1, 0.15) is 11.3 Å². The van der Waals surface area contributed by atoms with Gasteiger partial charge >= 0.3 is 0 Å². The Labute approximate surface area is 180 Å². The zero-order valence-corrected chi connectivity index (χ0v) is 17.3. The minimum atomic E-state index is -0.631. The summed E-state index contributed by atoms with van der Waals surface area (Å²) >= 11 is 0. The molecule has 4 N–H and O–H groups in total. The smallest absolute Gasteiger partial charge is 0.251 e. The van der Waals surface area contributed by atoms with Crippen LogP contribution in [0.5, 0.6) is 0 Å². The fraction of sp³-hybridized carbons (Fsp3) is 0.208. The zero-order chi connectivity index (χ0) is 22.2. The molecule has 0 aliphatic heterocycles.